The van der Waals surface area contributed by atoms with E-state index >= 15 is 0 Å². The van der Waals surface area contributed by atoms with Crippen LogP contribution in [0.2, 0.25) is 0 Å². The second-order valence-corrected chi connectivity index (χ2v) is 4.38. The fourth-order valence-corrected chi connectivity index (χ4v) is 2.29. The predicted octanol–water partition coefficient (Wildman–Crippen LogP) is 3.37. The van der Waals surface area contributed by atoms with Crippen LogP contribution in [0.25, 0.3) is 0 Å². The molecule has 1 aliphatic rings. The van der Waals surface area contributed by atoms with Gasteiger partial charge in [0, 0.05) is 18.3 Å². The van der Waals surface area contributed by atoms with Gasteiger partial charge in [-0.3, -0.25) is 0 Å². The van der Waals surface area contributed by atoms with Crippen LogP contribution in [0.1, 0.15) is 31.7 Å². The molecule has 2 rings (SSSR count). The molecule has 0 saturated carbocycles. The van der Waals surface area contributed by atoms with Gasteiger partial charge >= 0.3 is 0 Å². The van der Waals surface area contributed by atoms with E-state index in [4.69, 9.17) is 0 Å². The van der Waals surface area contributed by atoms with E-state index in [0.717, 1.165) is 0 Å². The van der Waals surface area contributed by atoms with E-state index in [2.05, 4.69) is 43.0 Å². The molecule has 0 spiro atoms. The molecular formula is C13H19N. The quantitative estimate of drug-likeness (QED) is 0.654. The summed E-state index contributed by atoms with van der Waals surface area (Å²) < 4.78 is 0. The summed E-state index contributed by atoms with van der Waals surface area (Å²) in [5.74, 6) is 0. The van der Waals surface area contributed by atoms with Crippen molar-refractivity contribution in [2.75, 3.05) is 11.4 Å². The van der Waals surface area contributed by atoms with E-state index in [9.17, 15) is 0 Å². The Bertz CT molecular complexity index is 306. The Morgan fingerprint density at radius 3 is 2.86 bits per heavy atom. The molecule has 1 aromatic rings. The molecule has 1 nitrogen and oxygen atoms in total. The molecule has 1 saturated heterocycles. The van der Waals surface area contributed by atoms with E-state index in [-0.39, 0.29) is 0 Å². The summed E-state index contributed by atoms with van der Waals surface area (Å²) in [5, 5.41) is 0. The average Bonchev–Trinajstić information content (AvgIpc) is 2.18. The van der Waals surface area contributed by atoms with Crippen LogP contribution in [0.3, 0.4) is 0 Å². The third kappa shape index (κ3) is 1.92. The molecule has 0 aromatic heterocycles. The van der Waals surface area contributed by atoms with Crippen LogP contribution in [0, 0.1) is 6.92 Å². The molecule has 14 heavy (non-hydrogen) atoms. The largest absolute Gasteiger partial charge is 0.369 e. The van der Waals surface area contributed by atoms with Crippen molar-refractivity contribution >= 4 is 5.69 Å². The van der Waals surface area contributed by atoms with Gasteiger partial charge in [0.1, 0.15) is 0 Å². The summed E-state index contributed by atoms with van der Waals surface area (Å²) in [4.78, 5) is 2.54. The lowest BCUT2D eigenvalue weighted by atomic mass is 10.0. The molecule has 0 N–H and O–H groups in total. The van der Waals surface area contributed by atoms with Gasteiger partial charge in [-0.05, 0) is 50.8 Å². The summed E-state index contributed by atoms with van der Waals surface area (Å²) in [5.41, 5.74) is 2.76. The highest BCUT2D eigenvalue weighted by molar-refractivity contribution is 5.49. The maximum Gasteiger partial charge on any atom is 0.0371 e. The van der Waals surface area contributed by atoms with Crippen LogP contribution in [-0.2, 0) is 0 Å². The van der Waals surface area contributed by atoms with Gasteiger partial charge in [0.25, 0.3) is 0 Å². The van der Waals surface area contributed by atoms with Crippen LogP contribution >= 0.6 is 0 Å². The molecule has 0 radical (unpaired) electrons. The first-order chi connectivity index (χ1) is 6.77. The summed E-state index contributed by atoms with van der Waals surface area (Å²) in [7, 11) is 0. The zero-order valence-corrected chi connectivity index (χ0v) is 9.16. The Labute approximate surface area is 86.7 Å². The van der Waals surface area contributed by atoms with Crippen molar-refractivity contribution in [2.45, 2.75) is 39.2 Å². The highest BCUT2D eigenvalue weighted by atomic mass is 15.2. The lowest BCUT2D eigenvalue weighted by Gasteiger charge is -2.35. The van der Waals surface area contributed by atoms with Crippen molar-refractivity contribution in [2.24, 2.45) is 0 Å². The van der Waals surface area contributed by atoms with Gasteiger partial charge < -0.3 is 4.90 Å². The molecular weight excluding hydrogens is 170 g/mol. The number of piperidine rings is 1. The Morgan fingerprint density at radius 2 is 2.14 bits per heavy atom. The molecule has 0 amide bonds. The molecule has 0 aliphatic carbocycles. The fraction of sp³-hybridized carbons (Fsp3) is 0.538. The summed E-state index contributed by atoms with van der Waals surface area (Å²) >= 11 is 0. The van der Waals surface area contributed by atoms with E-state index in [1.54, 1.807) is 0 Å². The van der Waals surface area contributed by atoms with E-state index < -0.39 is 0 Å². The molecule has 1 fully saturated rings. The highest BCUT2D eigenvalue weighted by Crippen LogP contribution is 2.24. The lowest BCUT2D eigenvalue weighted by molar-refractivity contribution is 0.485. The smallest absolute Gasteiger partial charge is 0.0371 e. The van der Waals surface area contributed by atoms with Gasteiger partial charge in [0.15, 0.2) is 0 Å². The van der Waals surface area contributed by atoms with Crippen molar-refractivity contribution < 1.29 is 0 Å². The van der Waals surface area contributed by atoms with Crippen LogP contribution in [0.5, 0.6) is 0 Å². The van der Waals surface area contributed by atoms with Gasteiger partial charge in [-0.1, -0.05) is 12.1 Å². The lowest BCUT2D eigenvalue weighted by Crippen LogP contribution is -2.37. The Kier molecular flexibility index (Phi) is 2.76. The van der Waals surface area contributed by atoms with Crippen LogP contribution < -0.4 is 4.90 Å². The second kappa shape index (κ2) is 4.04. The molecule has 1 atom stereocenters. The van der Waals surface area contributed by atoms with E-state index in [1.807, 2.05) is 0 Å². The van der Waals surface area contributed by atoms with Crippen molar-refractivity contribution in [1.29, 1.82) is 0 Å². The number of anilines is 1. The normalized spacial score (nSPS) is 22.4. The first-order valence-electron chi connectivity index (χ1n) is 5.60. The molecule has 1 aliphatic heterocycles. The number of hydrogen-bond acceptors (Lipinski definition) is 1. The monoisotopic (exact) mass is 189 g/mol. The zero-order chi connectivity index (χ0) is 9.97. The highest BCUT2D eigenvalue weighted by Gasteiger charge is 2.17. The van der Waals surface area contributed by atoms with Gasteiger partial charge in [-0.2, -0.15) is 0 Å². The molecule has 1 heteroatoms. The first-order valence-corrected chi connectivity index (χ1v) is 5.60. The average molecular weight is 189 g/mol. The standard InChI is InChI=1S/C13H19N/c1-11-6-5-8-13(10-11)14-9-4-3-7-12(14)2/h5-6,8,10,12H,3-4,7,9H2,1-2H3. The van der Waals surface area contributed by atoms with Crippen molar-refractivity contribution in [3.05, 3.63) is 29.8 Å². The van der Waals surface area contributed by atoms with E-state index in [1.165, 1.54) is 37.1 Å². The minimum Gasteiger partial charge on any atom is -0.369 e. The second-order valence-electron chi connectivity index (χ2n) is 4.38. The van der Waals surface area contributed by atoms with Crippen LogP contribution in [0.15, 0.2) is 24.3 Å². The van der Waals surface area contributed by atoms with Crippen molar-refractivity contribution in [3.8, 4) is 0 Å². The minimum atomic E-state index is 0.713. The molecule has 76 valence electrons. The Hall–Kier alpha value is -0.980. The summed E-state index contributed by atoms with van der Waals surface area (Å²) in [6.07, 6.45) is 4.08. The third-order valence-corrected chi connectivity index (χ3v) is 3.14. The summed E-state index contributed by atoms with van der Waals surface area (Å²) in [6, 6.07) is 9.56. The maximum absolute atomic E-state index is 2.54. The molecule has 1 aromatic carbocycles. The minimum absolute atomic E-state index is 0.713. The Balaban J connectivity index is 2.20. The molecule has 1 unspecified atom stereocenters. The number of nitrogens with zero attached hydrogens (tertiary/aromatic N) is 1. The number of benzene rings is 1. The SMILES string of the molecule is Cc1cccc(N2CCCCC2C)c1. The molecule has 1 heterocycles. The first kappa shape index (κ1) is 9.57. The topological polar surface area (TPSA) is 3.24 Å². The van der Waals surface area contributed by atoms with Crippen molar-refractivity contribution in [1.82, 2.24) is 0 Å². The van der Waals surface area contributed by atoms with Crippen LogP contribution in [-0.4, -0.2) is 12.6 Å². The third-order valence-electron chi connectivity index (χ3n) is 3.14. The van der Waals surface area contributed by atoms with Crippen molar-refractivity contribution in [3.63, 3.8) is 0 Å². The number of hydrogen-bond donors (Lipinski definition) is 0. The molecule has 0 bridgehead atoms. The summed E-state index contributed by atoms with van der Waals surface area (Å²) in [6.45, 7) is 5.73. The van der Waals surface area contributed by atoms with E-state index in [0.29, 0.717) is 6.04 Å². The predicted molar refractivity (Wildman–Crippen MR) is 61.8 cm³/mol. The number of aryl methyl sites for hydroxylation is 1. The number of rotatable bonds is 1. The van der Waals surface area contributed by atoms with Crippen LogP contribution in [0.4, 0.5) is 5.69 Å². The van der Waals surface area contributed by atoms with Gasteiger partial charge in [0.05, 0.1) is 0 Å². The zero-order valence-electron chi connectivity index (χ0n) is 9.16. The fourth-order valence-electron chi connectivity index (χ4n) is 2.29. The van der Waals surface area contributed by atoms with Gasteiger partial charge in [-0.25, -0.2) is 0 Å². The van der Waals surface area contributed by atoms with Gasteiger partial charge in [-0.15, -0.1) is 0 Å². The maximum atomic E-state index is 2.54. The van der Waals surface area contributed by atoms with Gasteiger partial charge in [0.2, 0.25) is 0 Å². The Morgan fingerprint density at radius 1 is 1.29 bits per heavy atom.